The number of nitrogens with zero attached hydrogens (tertiary/aromatic N) is 2. The summed E-state index contributed by atoms with van der Waals surface area (Å²) >= 11 is 5.81. The summed E-state index contributed by atoms with van der Waals surface area (Å²) in [6, 6.07) is 27.3. The van der Waals surface area contributed by atoms with Gasteiger partial charge in [0.1, 0.15) is 41.0 Å². The lowest BCUT2D eigenvalue weighted by atomic mass is 10.2. The molecule has 0 aliphatic carbocycles. The second-order valence-electron chi connectivity index (χ2n) is 20.3. The predicted octanol–water partition coefficient (Wildman–Crippen LogP) is 13.8. The molecule has 14 nitrogen and oxygen atoms in total. The second kappa shape index (κ2) is 32.4. The number of nitrogens with one attached hydrogen (secondary N) is 2. The van der Waals surface area contributed by atoms with Gasteiger partial charge in [-0.05, 0) is 169 Å². The maximum absolute atomic E-state index is 14.3. The number of alkyl carbamates (subject to hydrolysis) is 2. The Morgan fingerprint density at radius 1 is 0.597 bits per heavy atom. The van der Waals surface area contributed by atoms with E-state index in [1.165, 1.54) is 44.3 Å². The zero-order valence-electron chi connectivity index (χ0n) is 46.7. The number of phenolic OH excluding ortho intramolecular Hbond substituents is 1. The number of para-hydroxylation sites is 2. The lowest BCUT2D eigenvalue weighted by Gasteiger charge is -2.29. The molecule has 0 aromatic heterocycles. The van der Waals surface area contributed by atoms with Crippen molar-refractivity contribution in [2.24, 2.45) is 0 Å². The number of halogens is 3. The third-order valence-corrected chi connectivity index (χ3v) is 17.3. The van der Waals surface area contributed by atoms with Gasteiger partial charge in [-0.25, -0.2) is 35.2 Å². The highest BCUT2D eigenvalue weighted by Gasteiger charge is 2.30. The van der Waals surface area contributed by atoms with Gasteiger partial charge in [0.2, 0.25) is 20.0 Å². The van der Waals surface area contributed by atoms with Crippen LogP contribution in [0.2, 0.25) is 0 Å². The molecule has 77 heavy (non-hydrogen) atoms. The molecule has 0 bridgehead atoms. The average Bonchev–Trinajstić information content (AvgIpc) is 3.31. The lowest BCUT2D eigenvalue weighted by Crippen LogP contribution is -2.41. The lowest BCUT2D eigenvalue weighted by molar-refractivity contribution is 0.0522. The van der Waals surface area contributed by atoms with Crippen molar-refractivity contribution >= 4 is 71.7 Å². The van der Waals surface area contributed by atoms with E-state index in [4.69, 9.17) is 14.2 Å². The van der Waals surface area contributed by atoms with Crippen LogP contribution < -0.4 is 15.4 Å². The van der Waals surface area contributed by atoms with Crippen molar-refractivity contribution in [1.29, 1.82) is 0 Å². The first-order valence-electron chi connectivity index (χ1n) is 25.0. The summed E-state index contributed by atoms with van der Waals surface area (Å²) in [5.41, 5.74) is 0.680. The Labute approximate surface area is 474 Å². The smallest absolute Gasteiger partial charge is 0.407 e. The predicted molar refractivity (Wildman–Crippen MR) is 311 cm³/mol. The maximum Gasteiger partial charge on any atom is 0.407 e. The molecule has 0 saturated heterocycles. The molecule has 0 aliphatic heterocycles. The zero-order chi connectivity index (χ0) is 58.3. The normalized spacial score (nSPS) is 12.6. The molecule has 0 unspecified atom stereocenters. The number of hydrogen-bond acceptors (Lipinski definition) is 12. The van der Waals surface area contributed by atoms with Gasteiger partial charge in [0, 0.05) is 63.9 Å². The Morgan fingerprint density at radius 2 is 0.961 bits per heavy atom. The van der Waals surface area contributed by atoms with E-state index in [1.807, 2.05) is 85.7 Å². The highest BCUT2D eigenvalue weighted by molar-refractivity contribution is 9.08. The van der Waals surface area contributed by atoms with Crippen LogP contribution in [0, 0.1) is 0 Å². The summed E-state index contributed by atoms with van der Waals surface area (Å²) in [7, 11) is -7.01. The molecular weight excluding hydrogens is 1130 g/mol. The van der Waals surface area contributed by atoms with Gasteiger partial charge in [-0.1, -0.05) is 64.5 Å². The standard InChI is InChI=1S/C28H39FN2O5S2.C15H20FNO3S.C13H20BrNO2S/c1-20(2)31(21(3)4)38(33,34)24-14-12-22(13-15-24)18-35-25-10-8-9-11-26(25)37-19-23(29)16-17-30-27(32)36-28(5,6)7;1-15(2,3)20-14(19)17-9-8-11(16)10-21-13-7-5-4-6-12(13)18;1-10(2)15(11(3)4)18(16,17)13-7-5-12(9-14)6-8-13/h8-16,20-21H,17-19H2,1-7H3,(H,30,32);4-8,18H,9-10H2,1-3H3,(H,17,19);5-8,10-11H,9H2,1-4H3/b23-16-;11-8-;. The summed E-state index contributed by atoms with van der Waals surface area (Å²) < 4.78 is 98.2. The van der Waals surface area contributed by atoms with Crippen LogP contribution in [-0.4, -0.2) is 103 Å². The highest BCUT2D eigenvalue weighted by Crippen LogP contribution is 2.32. The molecule has 4 aromatic carbocycles. The largest absolute Gasteiger partial charge is 0.507 e. The Balaban J connectivity index is 0.000000437. The van der Waals surface area contributed by atoms with E-state index >= 15 is 0 Å². The van der Waals surface area contributed by atoms with Crippen molar-refractivity contribution in [3.05, 3.63) is 132 Å². The first-order chi connectivity index (χ1) is 35.8. The van der Waals surface area contributed by atoms with Crippen LogP contribution in [0.4, 0.5) is 18.4 Å². The van der Waals surface area contributed by atoms with Crippen molar-refractivity contribution in [3.8, 4) is 11.5 Å². The maximum atomic E-state index is 14.3. The fraction of sp³-hybridized carbons (Fsp3) is 0.464. The SMILES string of the molecule is CC(C)(C)OC(=O)NC/C=C(\F)CSc1ccccc1O.CC(C)N(C(C)C)S(=O)(=O)c1ccc(CBr)cc1.CC(C)N(C(C)C)S(=O)(=O)c1ccc(COc2ccccc2SC/C(F)=C/CNC(=O)OC(C)(C)C)cc1. The molecule has 0 fully saturated rings. The first-order valence-corrected chi connectivity index (χ1v) is 30.9. The third-order valence-electron chi connectivity index (χ3n) is 9.97. The molecule has 0 radical (unpaired) electrons. The minimum absolute atomic E-state index is 0.0251. The fourth-order valence-electron chi connectivity index (χ4n) is 7.01. The van der Waals surface area contributed by atoms with Gasteiger partial charge in [-0.3, -0.25) is 0 Å². The van der Waals surface area contributed by atoms with Crippen LogP contribution in [0.15, 0.2) is 140 Å². The van der Waals surface area contributed by atoms with E-state index < -0.39 is 43.4 Å². The molecule has 0 saturated carbocycles. The Kier molecular flexibility index (Phi) is 28.8. The number of rotatable bonds is 22. The van der Waals surface area contributed by atoms with Gasteiger partial charge < -0.3 is 30.0 Å². The average molecular weight is 1210 g/mol. The van der Waals surface area contributed by atoms with Gasteiger partial charge in [-0.2, -0.15) is 8.61 Å². The zero-order valence-corrected chi connectivity index (χ0v) is 51.6. The number of ether oxygens (including phenoxy) is 3. The molecule has 0 atom stereocenters. The number of alkyl halides is 1. The summed E-state index contributed by atoms with van der Waals surface area (Å²) in [5.74, 6) is 0.134. The van der Waals surface area contributed by atoms with E-state index in [9.17, 15) is 40.3 Å². The van der Waals surface area contributed by atoms with Crippen molar-refractivity contribution < 1.29 is 54.5 Å². The van der Waals surface area contributed by atoms with Crippen LogP contribution >= 0.6 is 39.5 Å². The number of hydrogen-bond donors (Lipinski definition) is 3. The first kappa shape index (κ1) is 68.5. The van der Waals surface area contributed by atoms with Crippen molar-refractivity contribution in [2.45, 2.75) is 164 Å². The minimum Gasteiger partial charge on any atom is -0.507 e. The molecular formula is C56H79BrF2N4O10S4. The summed E-state index contributed by atoms with van der Waals surface area (Å²) in [4.78, 5) is 25.0. The summed E-state index contributed by atoms with van der Waals surface area (Å²) in [5, 5.41) is 15.2. The van der Waals surface area contributed by atoms with Gasteiger partial charge in [-0.15, -0.1) is 23.5 Å². The molecule has 428 valence electrons. The Bertz CT molecular complexity index is 2730. The van der Waals surface area contributed by atoms with Crippen molar-refractivity contribution in [1.82, 2.24) is 19.2 Å². The molecule has 3 N–H and O–H groups in total. The number of benzene rings is 4. The van der Waals surface area contributed by atoms with Gasteiger partial charge in [0.05, 0.1) is 9.79 Å². The van der Waals surface area contributed by atoms with E-state index in [0.717, 1.165) is 21.4 Å². The molecule has 0 heterocycles. The monoisotopic (exact) mass is 1210 g/mol. The molecule has 21 heteroatoms. The van der Waals surface area contributed by atoms with Crippen LogP contribution in [-0.2, 0) is 41.5 Å². The van der Waals surface area contributed by atoms with Gasteiger partial charge >= 0.3 is 12.2 Å². The molecule has 2 amide bonds. The molecule has 4 aromatic rings. The van der Waals surface area contributed by atoms with E-state index in [-0.39, 0.29) is 77.7 Å². The number of carbonyl (C=O) groups excluding carboxylic acids is 2. The van der Waals surface area contributed by atoms with Crippen molar-refractivity contribution in [2.75, 3.05) is 24.6 Å². The fourth-order valence-corrected chi connectivity index (χ4v) is 12.7. The van der Waals surface area contributed by atoms with Gasteiger partial charge in [0.15, 0.2) is 0 Å². The number of amides is 2. The number of aromatic hydroxyl groups is 1. The van der Waals surface area contributed by atoms with Crippen LogP contribution in [0.3, 0.4) is 0 Å². The Morgan fingerprint density at radius 3 is 1.34 bits per heavy atom. The molecule has 4 rings (SSSR count). The summed E-state index contributed by atoms with van der Waals surface area (Å²) in [6.45, 7) is 25.9. The van der Waals surface area contributed by atoms with E-state index in [1.54, 1.807) is 108 Å². The van der Waals surface area contributed by atoms with Crippen molar-refractivity contribution in [3.63, 3.8) is 0 Å². The highest BCUT2D eigenvalue weighted by atomic mass is 79.9. The number of carbonyl (C=O) groups is 2. The number of thioether (sulfide) groups is 2. The quantitative estimate of drug-likeness (QED) is 0.0501. The topological polar surface area (TPSA) is 181 Å². The summed E-state index contributed by atoms with van der Waals surface area (Å²) in [6.07, 6.45) is 1.39. The molecule has 0 spiro atoms. The minimum atomic E-state index is -3.61. The van der Waals surface area contributed by atoms with Gasteiger partial charge in [0.25, 0.3) is 0 Å². The Hall–Kier alpha value is -4.64. The second-order valence-corrected chi connectivity index (χ2v) is 26.6. The van der Waals surface area contributed by atoms with E-state index in [2.05, 4.69) is 26.6 Å². The number of phenols is 1. The van der Waals surface area contributed by atoms with Crippen LogP contribution in [0.25, 0.3) is 0 Å². The third kappa shape index (κ3) is 25.4. The van der Waals surface area contributed by atoms with E-state index in [0.29, 0.717) is 15.5 Å². The van der Waals surface area contributed by atoms with Crippen LogP contribution in [0.1, 0.15) is 108 Å². The molecule has 0 aliphatic rings. The van der Waals surface area contributed by atoms with Crippen LogP contribution in [0.5, 0.6) is 11.5 Å². The number of sulfonamides is 2.